The van der Waals surface area contributed by atoms with Gasteiger partial charge in [0, 0.05) is 15.5 Å². The van der Waals surface area contributed by atoms with Gasteiger partial charge < -0.3 is 10.6 Å². The third-order valence-corrected chi connectivity index (χ3v) is 7.81. The Morgan fingerprint density at radius 1 is 1.27 bits per heavy atom. The Morgan fingerprint density at radius 3 is 2.77 bits per heavy atom. The average molecular weight is 389 g/mol. The molecule has 0 bridgehead atoms. The number of amides is 1. The number of benzene rings is 1. The van der Waals surface area contributed by atoms with Gasteiger partial charge in [0.1, 0.15) is 11.2 Å². The lowest BCUT2D eigenvalue weighted by Gasteiger charge is -2.36. The Kier molecular flexibility index (Phi) is 4.52. The first kappa shape index (κ1) is 17.9. The Balaban J connectivity index is 1.65. The summed E-state index contributed by atoms with van der Waals surface area (Å²) in [5.74, 6) is 0.705. The third-order valence-electron chi connectivity index (χ3n) is 6.28. The minimum Gasteiger partial charge on any atom is -0.353 e. The van der Waals surface area contributed by atoms with E-state index in [0.29, 0.717) is 16.4 Å². The molecule has 5 heteroatoms. The summed E-state index contributed by atoms with van der Waals surface area (Å²) in [6.07, 6.45) is 4.16. The topological polar surface area (TPSA) is 41.1 Å². The number of halogens is 1. The molecular weight excluding hydrogens is 364 g/mol. The van der Waals surface area contributed by atoms with Crippen LogP contribution in [0.25, 0.3) is 0 Å². The summed E-state index contributed by atoms with van der Waals surface area (Å²) in [6, 6.07) is 7.67. The monoisotopic (exact) mass is 388 g/mol. The van der Waals surface area contributed by atoms with Gasteiger partial charge in [0.25, 0.3) is 5.91 Å². The zero-order valence-corrected chi connectivity index (χ0v) is 17.1. The van der Waals surface area contributed by atoms with E-state index in [-0.39, 0.29) is 12.1 Å². The summed E-state index contributed by atoms with van der Waals surface area (Å²) < 4.78 is 0. The van der Waals surface area contributed by atoms with Crippen LogP contribution in [0.3, 0.4) is 0 Å². The van der Waals surface area contributed by atoms with Crippen molar-refractivity contribution in [2.75, 3.05) is 5.32 Å². The molecule has 1 amide bonds. The maximum Gasteiger partial charge on any atom is 0.256 e. The fourth-order valence-electron chi connectivity index (χ4n) is 4.12. The fraction of sp³-hybridized carbons (Fsp3) is 0.476. The molecule has 138 valence electrons. The van der Waals surface area contributed by atoms with Crippen LogP contribution in [0.5, 0.6) is 0 Å². The molecule has 0 unspecified atom stereocenters. The molecule has 0 saturated heterocycles. The van der Waals surface area contributed by atoms with Crippen LogP contribution in [-0.4, -0.2) is 5.91 Å². The highest BCUT2D eigenvalue weighted by Crippen LogP contribution is 2.47. The molecule has 0 radical (unpaired) electrons. The molecule has 26 heavy (non-hydrogen) atoms. The normalized spacial score (nSPS) is 22.2. The molecule has 1 aliphatic heterocycles. The van der Waals surface area contributed by atoms with Crippen molar-refractivity contribution >= 4 is 33.8 Å². The largest absolute Gasteiger partial charge is 0.353 e. The van der Waals surface area contributed by atoms with E-state index in [2.05, 4.69) is 31.4 Å². The van der Waals surface area contributed by atoms with E-state index in [1.807, 2.05) is 24.3 Å². The van der Waals surface area contributed by atoms with Crippen LogP contribution in [0.2, 0.25) is 5.02 Å². The van der Waals surface area contributed by atoms with E-state index in [4.69, 9.17) is 11.6 Å². The summed E-state index contributed by atoms with van der Waals surface area (Å²) in [4.78, 5) is 14.2. The van der Waals surface area contributed by atoms with Gasteiger partial charge in [-0.15, -0.1) is 11.3 Å². The molecule has 1 aromatic heterocycles. The molecule has 0 fully saturated rings. The fourth-order valence-corrected chi connectivity index (χ4v) is 5.72. The molecule has 0 spiro atoms. The zero-order chi connectivity index (χ0) is 18.5. The minimum absolute atomic E-state index is 0.0226. The lowest BCUT2D eigenvalue weighted by molar-refractivity contribution is 0.0934. The van der Waals surface area contributed by atoms with Gasteiger partial charge in [-0.05, 0) is 42.2 Å². The molecule has 4 rings (SSSR count). The quantitative estimate of drug-likeness (QED) is 0.697. The van der Waals surface area contributed by atoms with Gasteiger partial charge in [0.15, 0.2) is 0 Å². The predicted octanol–water partition coefficient (Wildman–Crippen LogP) is 5.80. The van der Waals surface area contributed by atoms with E-state index in [0.717, 1.165) is 35.4 Å². The molecule has 2 heterocycles. The van der Waals surface area contributed by atoms with Gasteiger partial charge in [0.2, 0.25) is 0 Å². The zero-order valence-electron chi connectivity index (χ0n) is 15.5. The van der Waals surface area contributed by atoms with E-state index in [1.54, 1.807) is 11.3 Å². The van der Waals surface area contributed by atoms with Crippen molar-refractivity contribution in [1.82, 2.24) is 5.32 Å². The van der Waals surface area contributed by atoms with E-state index in [1.165, 1.54) is 16.9 Å². The number of thiophene rings is 1. The Morgan fingerprint density at radius 2 is 2.04 bits per heavy atom. The van der Waals surface area contributed by atoms with E-state index >= 15 is 0 Å². The second-order valence-electron chi connectivity index (χ2n) is 8.06. The van der Waals surface area contributed by atoms with Gasteiger partial charge in [-0.3, -0.25) is 4.79 Å². The first-order valence-corrected chi connectivity index (χ1v) is 10.6. The summed E-state index contributed by atoms with van der Waals surface area (Å²) in [5.41, 5.74) is 3.37. The van der Waals surface area contributed by atoms with Crippen molar-refractivity contribution < 1.29 is 4.79 Å². The van der Waals surface area contributed by atoms with Crippen molar-refractivity contribution in [1.29, 1.82) is 0 Å². The number of rotatable bonds is 3. The number of anilines is 1. The van der Waals surface area contributed by atoms with Crippen LogP contribution < -0.4 is 10.6 Å². The molecule has 2 aromatic rings. The maximum atomic E-state index is 12.9. The second kappa shape index (κ2) is 6.58. The number of carbonyl (C=O) groups is 1. The number of hydrogen-bond acceptors (Lipinski definition) is 3. The van der Waals surface area contributed by atoms with Gasteiger partial charge in [0.05, 0.1) is 5.56 Å². The highest BCUT2D eigenvalue weighted by atomic mass is 35.5. The molecule has 0 saturated carbocycles. The first-order chi connectivity index (χ1) is 12.4. The van der Waals surface area contributed by atoms with E-state index in [9.17, 15) is 4.79 Å². The number of nitrogens with one attached hydrogen (secondary N) is 2. The Hall–Kier alpha value is -1.52. The van der Waals surface area contributed by atoms with Crippen LogP contribution in [0.1, 0.15) is 66.1 Å². The van der Waals surface area contributed by atoms with Crippen LogP contribution in [0, 0.1) is 11.3 Å². The van der Waals surface area contributed by atoms with Crippen LogP contribution in [0.4, 0.5) is 5.00 Å². The molecule has 2 atom stereocenters. The highest BCUT2D eigenvalue weighted by molar-refractivity contribution is 7.16. The standard InChI is InChI=1S/C21H25ClN2OS/c1-4-21(2,3)12-9-10-14-16(11-12)26-20-17(14)19(25)23-18(24-20)13-7-5-6-8-15(13)22/h5-8,12,18,24H,4,9-11H2,1-3H3,(H,23,25)/t12-,18+/m1/s1. The SMILES string of the molecule is CCC(C)(C)[C@@H]1CCc2c(sc3c2C(=O)N[C@H](c2ccccc2Cl)N3)C1. The van der Waals surface area contributed by atoms with Crippen LogP contribution >= 0.6 is 22.9 Å². The average Bonchev–Trinajstić information content (AvgIpc) is 3.00. The lowest BCUT2D eigenvalue weighted by Crippen LogP contribution is -2.38. The van der Waals surface area contributed by atoms with Crippen molar-refractivity contribution in [3.63, 3.8) is 0 Å². The van der Waals surface area contributed by atoms with E-state index < -0.39 is 0 Å². The third kappa shape index (κ3) is 2.93. The lowest BCUT2D eigenvalue weighted by atomic mass is 9.69. The van der Waals surface area contributed by atoms with Gasteiger partial charge in [-0.2, -0.15) is 0 Å². The first-order valence-electron chi connectivity index (χ1n) is 9.37. The minimum atomic E-state index is -0.272. The van der Waals surface area contributed by atoms with Crippen molar-refractivity contribution in [2.24, 2.45) is 11.3 Å². The molecule has 1 aliphatic carbocycles. The Bertz CT molecular complexity index is 858. The number of fused-ring (bicyclic) bond motifs is 3. The highest BCUT2D eigenvalue weighted by Gasteiger charge is 2.37. The summed E-state index contributed by atoms with van der Waals surface area (Å²) in [7, 11) is 0. The molecule has 2 aliphatic rings. The molecule has 3 nitrogen and oxygen atoms in total. The summed E-state index contributed by atoms with van der Waals surface area (Å²) in [6.45, 7) is 7.02. The molecule has 1 aromatic carbocycles. The molecular formula is C21H25ClN2OS. The smallest absolute Gasteiger partial charge is 0.256 e. The number of carbonyl (C=O) groups excluding carboxylic acids is 1. The Labute approximate surface area is 164 Å². The van der Waals surface area contributed by atoms with Gasteiger partial charge in [-0.25, -0.2) is 0 Å². The van der Waals surface area contributed by atoms with Crippen molar-refractivity contribution in [2.45, 2.75) is 52.6 Å². The summed E-state index contributed by atoms with van der Waals surface area (Å²) >= 11 is 8.09. The number of hydrogen-bond donors (Lipinski definition) is 2. The van der Waals surface area contributed by atoms with Crippen molar-refractivity contribution in [3.8, 4) is 0 Å². The van der Waals surface area contributed by atoms with Gasteiger partial charge in [-0.1, -0.05) is 57.0 Å². The second-order valence-corrected chi connectivity index (χ2v) is 9.57. The molecule has 2 N–H and O–H groups in total. The summed E-state index contributed by atoms with van der Waals surface area (Å²) in [5, 5.41) is 8.27. The van der Waals surface area contributed by atoms with Crippen LogP contribution in [-0.2, 0) is 12.8 Å². The predicted molar refractivity (Wildman–Crippen MR) is 109 cm³/mol. The maximum absolute atomic E-state index is 12.9. The van der Waals surface area contributed by atoms with Gasteiger partial charge >= 0.3 is 0 Å². The van der Waals surface area contributed by atoms with Crippen LogP contribution in [0.15, 0.2) is 24.3 Å². The van der Waals surface area contributed by atoms with Crippen molar-refractivity contribution in [3.05, 3.63) is 50.9 Å².